The molecule has 0 saturated heterocycles. The number of hydrogen-bond acceptors (Lipinski definition) is 4. The van der Waals surface area contributed by atoms with Crippen LogP contribution in [0.2, 0.25) is 5.02 Å². The Morgan fingerprint density at radius 1 is 1.17 bits per heavy atom. The van der Waals surface area contributed by atoms with Gasteiger partial charge in [0.1, 0.15) is 0 Å². The first-order chi connectivity index (χ1) is 8.74. The fourth-order valence-electron chi connectivity index (χ4n) is 1.58. The summed E-state index contributed by atoms with van der Waals surface area (Å²) in [6, 6.07) is 11.1. The Kier molecular flexibility index (Phi) is 2.85. The van der Waals surface area contributed by atoms with Crippen molar-refractivity contribution in [3.05, 3.63) is 47.6 Å². The minimum Gasteiger partial charge on any atom is -0.398 e. The van der Waals surface area contributed by atoms with Gasteiger partial charge < -0.3 is 5.73 Å². The molecule has 90 valence electrons. The predicted octanol–water partition coefficient (Wildman–Crippen LogP) is 3.12. The quantitative estimate of drug-likeness (QED) is 0.731. The average Bonchev–Trinajstić information content (AvgIpc) is 2.78. The Bertz CT molecular complexity index is 710. The second-order valence-corrected chi connectivity index (χ2v) is 5.14. The van der Waals surface area contributed by atoms with Crippen LogP contribution in [-0.4, -0.2) is 14.6 Å². The van der Waals surface area contributed by atoms with Crippen molar-refractivity contribution in [3.8, 4) is 0 Å². The molecule has 3 rings (SSSR count). The molecule has 2 heterocycles. The summed E-state index contributed by atoms with van der Waals surface area (Å²) in [5.74, 6) is 0. The monoisotopic (exact) mass is 276 g/mol. The molecule has 4 nitrogen and oxygen atoms in total. The number of benzene rings is 1. The Morgan fingerprint density at radius 2 is 2.06 bits per heavy atom. The Balaban J connectivity index is 2.04. The first-order valence-electron chi connectivity index (χ1n) is 5.27. The Hall–Kier alpha value is -1.72. The molecule has 18 heavy (non-hydrogen) atoms. The third kappa shape index (κ3) is 2.02. The van der Waals surface area contributed by atoms with E-state index in [1.165, 1.54) is 11.8 Å². The van der Waals surface area contributed by atoms with E-state index >= 15 is 0 Å². The van der Waals surface area contributed by atoms with Crippen molar-refractivity contribution in [1.29, 1.82) is 0 Å². The molecule has 0 aliphatic rings. The molecule has 3 aromatic rings. The van der Waals surface area contributed by atoms with Crippen molar-refractivity contribution in [2.24, 2.45) is 0 Å². The summed E-state index contributed by atoms with van der Waals surface area (Å²) >= 11 is 7.41. The van der Waals surface area contributed by atoms with Crippen LogP contribution in [0.25, 0.3) is 5.65 Å². The second kappa shape index (κ2) is 4.51. The molecule has 0 radical (unpaired) electrons. The number of pyridine rings is 1. The lowest BCUT2D eigenvalue weighted by Gasteiger charge is -2.04. The molecule has 2 N–H and O–H groups in total. The summed E-state index contributed by atoms with van der Waals surface area (Å²) in [5, 5.41) is 9.64. The van der Waals surface area contributed by atoms with Crippen LogP contribution in [0.5, 0.6) is 0 Å². The summed E-state index contributed by atoms with van der Waals surface area (Å²) < 4.78 is 1.91. The highest BCUT2D eigenvalue weighted by Crippen LogP contribution is 2.32. The zero-order valence-corrected chi connectivity index (χ0v) is 10.8. The van der Waals surface area contributed by atoms with Crippen LogP contribution >= 0.6 is 23.4 Å². The van der Waals surface area contributed by atoms with Crippen LogP contribution in [0, 0.1) is 0 Å². The van der Waals surface area contributed by atoms with E-state index in [0.717, 1.165) is 15.7 Å². The summed E-state index contributed by atoms with van der Waals surface area (Å²) in [7, 11) is 0. The molecule has 2 aromatic heterocycles. The summed E-state index contributed by atoms with van der Waals surface area (Å²) in [4.78, 5) is 0.876. The van der Waals surface area contributed by atoms with E-state index < -0.39 is 0 Å². The van der Waals surface area contributed by atoms with Gasteiger partial charge in [0.25, 0.3) is 0 Å². The minimum absolute atomic E-state index is 0.653. The molecular weight excluding hydrogens is 268 g/mol. The van der Waals surface area contributed by atoms with E-state index in [1.54, 1.807) is 12.1 Å². The van der Waals surface area contributed by atoms with E-state index in [2.05, 4.69) is 10.2 Å². The van der Waals surface area contributed by atoms with Crippen LogP contribution in [0.4, 0.5) is 5.69 Å². The number of rotatable bonds is 2. The van der Waals surface area contributed by atoms with E-state index in [-0.39, 0.29) is 0 Å². The lowest BCUT2D eigenvalue weighted by molar-refractivity contribution is 0.921. The fourth-order valence-corrected chi connectivity index (χ4v) is 2.72. The number of nitrogens with two attached hydrogens (primary N) is 1. The van der Waals surface area contributed by atoms with Crippen LogP contribution in [0.15, 0.2) is 52.6 Å². The third-order valence-corrected chi connectivity index (χ3v) is 3.73. The summed E-state index contributed by atoms with van der Waals surface area (Å²) in [6.07, 6.45) is 1.92. The maximum Gasteiger partial charge on any atom is 0.200 e. The predicted molar refractivity (Wildman–Crippen MR) is 73.0 cm³/mol. The van der Waals surface area contributed by atoms with Gasteiger partial charge in [-0.15, -0.1) is 10.2 Å². The maximum atomic E-state index is 5.96. The lowest BCUT2D eigenvalue weighted by atomic mass is 10.3. The topological polar surface area (TPSA) is 56.2 Å². The van der Waals surface area contributed by atoms with Gasteiger partial charge in [0.2, 0.25) is 5.16 Å². The first kappa shape index (κ1) is 11.4. The first-order valence-corrected chi connectivity index (χ1v) is 6.46. The standard InChI is InChI=1S/C12H9ClN4S/c13-8-4-5-9(14)10(7-8)18-12-16-15-11-3-1-2-6-17(11)12/h1-7H,14H2. The summed E-state index contributed by atoms with van der Waals surface area (Å²) in [6.45, 7) is 0. The Labute approximate surface area is 113 Å². The van der Waals surface area contributed by atoms with Crippen molar-refractivity contribution >= 4 is 34.7 Å². The van der Waals surface area contributed by atoms with Gasteiger partial charge in [-0.2, -0.15) is 0 Å². The third-order valence-electron chi connectivity index (χ3n) is 2.46. The van der Waals surface area contributed by atoms with E-state index in [0.29, 0.717) is 10.7 Å². The van der Waals surface area contributed by atoms with Gasteiger partial charge in [-0.05, 0) is 42.1 Å². The SMILES string of the molecule is Nc1ccc(Cl)cc1Sc1nnc2ccccn12. The number of hydrogen-bond donors (Lipinski definition) is 1. The number of fused-ring (bicyclic) bond motifs is 1. The number of nitrogens with zero attached hydrogens (tertiary/aromatic N) is 3. The maximum absolute atomic E-state index is 5.96. The number of anilines is 1. The van der Waals surface area contributed by atoms with E-state index in [1.807, 2.05) is 34.9 Å². The Morgan fingerprint density at radius 3 is 2.94 bits per heavy atom. The highest BCUT2D eigenvalue weighted by Gasteiger charge is 2.09. The van der Waals surface area contributed by atoms with Crippen LogP contribution in [-0.2, 0) is 0 Å². The van der Waals surface area contributed by atoms with Gasteiger partial charge in [-0.3, -0.25) is 4.40 Å². The zero-order chi connectivity index (χ0) is 12.5. The molecule has 0 saturated carbocycles. The van der Waals surface area contributed by atoms with Crippen molar-refractivity contribution in [2.75, 3.05) is 5.73 Å². The summed E-state index contributed by atoms with van der Waals surface area (Å²) in [5.41, 5.74) is 7.40. The van der Waals surface area contributed by atoms with Gasteiger partial charge in [0, 0.05) is 21.8 Å². The number of nitrogen functional groups attached to an aromatic ring is 1. The molecule has 0 spiro atoms. The lowest BCUT2D eigenvalue weighted by Crippen LogP contribution is -1.90. The van der Waals surface area contributed by atoms with Crippen molar-refractivity contribution in [3.63, 3.8) is 0 Å². The largest absolute Gasteiger partial charge is 0.398 e. The van der Waals surface area contributed by atoms with Crippen LogP contribution < -0.4 is 5.73 Å². The number of halogens is 1. The van der Waals surface area contributed by atoms with Gasteiger partial charge in [-0.25, -0.2) is 0 Å². The average molecular weight is 277 g/mol. The molecule has 0 unspecified atom stereocenters. The smallest absolute Gasteiger partial charge is 0.200 e. The van der Waals surface area contributed by atoms with Gasteiger partial charge in [0.15, 0.2) is 5.65 Å². The molecule has 0 aliphatic carbocycles. The molecule has 1 aromatic carbocycles. The molecule has 0 aliphatic heterocycles. The van der Waals surface area contributed by atoms with Crippen LogP contribution in [0.3, 0.4) is 0 Å². The second-order valence-electron chi connectivity index (χ2n) is 3.70. The van der Waals surface area contributed by atoms with Crippen molar-refractivity contribution < 1.29 is 0 Å². The van der Waals surface area contributed by atoms with Crippen molar-refractivity contribution in [2.45, 2.75) is 10.1 Å². The molecule has 0 bridgehead atoms. The molecule has 0 atom stereocenters. The zero-order valence-electron chi connectivity index (χ0n) is 9.25. The normalized spacial score (nSPS) is 10.9. The van der Waals surface area contributed by atoms with Gasteiger partial charge in [0.05, 0.1) is 0 Å². The van der Waals surface area contributed by atoms with Crippen molar-refractivity contribution in [1.82, 2.24) is 14.6 Å². The number of aromatic nitrogens is 3. The molecule has 6 heteroatoms. The minimum atomic E-state index is 0.653. The molecular formula is C12H9ClN4S. The highest BCUT2D eigenvalue weighted by atomic mass is 35.5. The van der Waals surface area contributed by atoms with Crippen LogP contribution in [0.1, 0.15) is 0 Å². The highest BCUT2D eigenvalue weighted by molar-refractivity contribution is 7.99. The fraction of sp³-hybridized carbons (Fsp3) is 0. The molecule has 0 fully saturated rings. The van der Waals surface area contributed by atoms with Gasteiger partial charge in [-0.1, -0.05) is 17.7 Å². The van der Waals surface area contributed by atoms with E-state index in [4.69, 9.17) is 17.3 Å². The molecule has 0 amide bonds. The van der Waals surface area contributed by atoms with Gasteiger partial charge >= 0.3 is 0 Å². The van der Waals surface area contributed by atoms with E-state index in [9.17, 15) is 0 Å².